The van der Waals surface area contributed by atoms with Crippen molar-refractivity contribution in [2.45, 2.75) is 39.1 Å². The molecule has 0 aromatic heterocycles. The van der Waals surface area contributed by atoms with E-state index in [0.29, 0.717) is 0 Å². The Kier molecular flexibility index (Phi) is 18.6. The first-order chi connectivity index (χ1) is 17.1. The van der Waals surface area contributed by atoms with Crippen molar-refractivity contribution in [2.75, 3.05) is 0 Å². The molecule has 1 radical (unpaired) electrons. The number of rotatable bonds is 6. The molecule has 3 aromatic rings. The zero-order chi connectivity index (χ0) is 26.9. The Morgan fingerprint density at radius 2 is 0.892 bits per heavy atom. The molecule has 3 aromatic carbocycles. The number of hydrogen-bond donors (Lipinski definition) is 6. The van der Waals surface area contributed by atoms with Crippen LogP contribution in [0.25, 0.3) is 11.5 Å². The van der Waals surface area contributed by atoms with Crippen LogP contribution in [0.4, 0.5) is 0 Å². The molecule has 0 bridgehead atoms. The third kappa shape index (κ3) is 16.3. The molecule has 3 atom stereocenters. The quantitative estimate of drug-likeness (QED) is 0.180. The Morgan fingerprint density at radius 3 is 1.19 bits per heavy atom. The molecule has 6 nitrogen and oxygen atoms in total. The zero-order valence-corrected chi connectivity index (χ0v) is 23.6. The summed E-state index contributed by atoms with van der Waals surface area (Å²) < 4.78 is 0. The van der Waals surface area contributed by atoms with Crippen LogP contribution in [0.3, 0.4) is 0 Å². The molecule has 0 saturated heterocycles. The minimum absolute atomic E-state index is 0. The van der Waals surface area contributed by atoms with Crippen LogP contribution in [0.15, 0.2) is 115 Å². The second-order valence-corrected chi connectivity index (χ2v) is 7.98. The maximum absolute atomic E-state index is 9.45. The molecular formula is C30H36EuO6. The Bertz CT molecular complexity index is 1020. The van der Waals surface area contributed by atoms with Gasteiger partial charge in [0, 0.05) is 60.5 Å². The van der Waals surface area contributed by atoms with Crippen molar-refractivity contribution < 1.29 is 80.0 Å². The van der Waals surface area contributed by atoms with Gasteiger partial charge in [0.15, 0.2) is 0 Å². The molecule has 0 amide bonds. The van der Waals surface area contributed by atoms with E-state index in [2.05, 4.69) is 0 Å². The molecule has 0 spiro atoms. The predicted octanol–water partition coefficient (Wildman–Crippen LogP) is 6.11. The minimum Gasteiger partial charge on any atom is -0.513 e. The maximum Gasteiger partial charge on any atom is 0.121 e. The van der Waals surface area contributed by atoms with E-state index in [1.807, 2.05) is 66.7 Å². The van der Waals surface area contributed by atoms with Crippen molar-refractivity contribution in [1.82, 2.24) is 0 Å². The second kappa shape index (κ2) is 19.8. The monoisotopic (exact) mass is 645 g/mol. The first-order valence-corrected chi connectivity index (χ1v) is 11.5. The molecule has 0 saturated carbocycles. The predicted molar refractivity (Wildman–Crippen MR) is 145 cm³/mol. The van der Waals surface area contributed by atoms with Crippen LogP contribution in [0.5, 0.6) is 0 Å². The van der Waals surface area contributed by atoms with Crippen LogP contribution in [0.1, 0.15) is 43.6 Å². The SMILES string of the molecule is CC(O)=CC(O)c1ccccc1.CC(O)C=C(O)c1ccccc1.CC(O)C=C(O)c1ccccc1.[Eu]. The summed E-state index contributed by atoms with van der Waals surface area (Å²) in [5, 5.41) is 55.0. The summed E-state index contributed by atoms with van der Waals surface area (Å²) in [5.41, 5.74) is 2.22. The summed E-state index contributed by atoms with van der Waals surface area (Å²) in [4.78, 5) is 0. The largest absolute Gasteiger partial charge is 0.513 e. The number of allylic oxidation sites excluding steroid dienone is 1. The van der Waals surface area contributed by atoms with Gasteiger partial charge >= 0.3 is 0 Å². The fourth-order valence-corrected chi connectivity index (χ4v) is 2.84. The van der Waals surface area contributed by atoms with Crippen molar-refractivity contribution in [3.05, 3.63) is 132 Å². The van der Waals surface area contributed by atoms with E-state index in [-0.39, 0.29) is 66.7 Å². The Balaban J connectivity index is 0.000000518. The molecule has 37 heavy (non-hydrogen) atoms. The fraction of sp³-hybridized carbons (Fsp3) is 0.200. The summed E-state index contributed by atoms with van der Waals surface area (Å²) in [6.07, 6.45) is 2.24. The van der Waals surface area contributed by atoms with Gasteiger partial charge in [0.05, 0.1) is 18.0 Å². The molecular weight excluding hydrogens is 608 g/mol. The van der Waals surface area contributed by atoms with Crippen LogP contribution >= 0.6 is 0 Å². The van der Waals surface area contributed by atoms with Gasteiger partial charge in [0.1, 0.15) is 17.6 Å². The molecule has 7 heteroatoms. The normalized spacial score (nSPS) is 13.9. The molecule has 0 aliphatic carbocycles. The molecule has 6 N–H and O–H groups in total. The van der Waals surface area contributed by atoms with E-state index in [9.17, 15) is 15.3 Å². The Labute approximate surface area is 260 Å². The summed E-state index contributed by atoms with van der Waals surface area (Å²) >= 11 is 0. The summed E-state index contributed by atoms with van der Waals surface area (Å²) in [5.74, 6) is 0.363. The Morgan fingerprint density at radius 1 is 0.568 bits per heavy atom. The van der Waals surface area contributed by atoms with E-state index >= 15 is 0 Å². The molecule has 3 unspecified atom stereocenters. The average Bonchev–Trinajstić information content (AvgIpc) is 2.85. The summed E-state index contributed by atoms with van der Waals surface area (Å²) in [6.45, 7) is 4.73. The Hall–Kier alpha value is -2.26. The van der Waals surface area contributed by atoms with Crippen molar-refractivity contribution in [3.63, 3.8) is 0 Å². The van der Waals surface area contributed by atoms with E-state index in [1.54, 1.807) is 38.1 Å². The van der Waals surface area contributed by atoms with Gasteiger partial charge in [-0.2, -0.15) is 0 Å². The first-order valence-electron chi connectivity index (χ1n) is 11.5. The number of benzene rings is 3. The average molecular weight is 645 g/mol. The van der Waals surface area contributed by atoms with Gasteiger partial charge in [0.2, 0.25) is 0 Å². The number of aliphatic hydroxyl groups is 6. The first kappa shape index (κ1) is 34.7. The van der Waals surface area contributed by atoms with Crippen LogP contribution in [-0.4, -0.2) is 42.8 Å². The van der Waals surface area contributed by atoms with E-state index in [1.165, 1.54) is 25.2 Å². The molecule has 199 valence electrons. The van der Waals surface area contributed by atoms with Gasteiger partial charge < -0.3 is 30.6 Å². The van der Waals surface area contributed by atoms with Crippen molar-refractivity contribution >= 4 is 11.5 Å². The second-order valence-electron chi connectivity index (χ2n) is 7.98. The maximum atomic E-state index is 9.45. The molecule has 0 fully saturated rings. The van der Waals surface area contributed by atoms with Crippen LogP contribution in [-0.2, 0) is 0 Å². The van der Waals surface area contributed by atoms with Gasteiger partial charge in [-0.25, -0.2) is 0 Å². The van der Waals surface area contributed by atoms with Crippen molar-refractivity contribution in [2.24, 2.45) is 0 Å². The third-order valence-electron chi connectivity index (χ3n) is 4.48. The third-order valence-corrected chi connectivity index (χ3v) is 4.48. The van der Waals surface area contributed by atoms with Crippen molar-refractivity contribution in [1.29, 1.82) is 0 Å². The molecule has 3 rings (SSSR count). The van der Waals surface area contributed by atoms with Gasteiger partial charge in [-0.15, -0.1) is 0 Å². The smallest absolute Gasteiger partial charge is 0.121 e. The van der Waals surface area contributed by atoms with Crippen LogP contribution in [0, 0.1) is 49.4 Å². The van der Waals surface area contributed by atoms with Crippen LogP contribution < -0.4 is 0 Å². The van der Waals surface area contributed by atoms with Gasteiger partial charge in [-0.3, -0.25) is 0 Å². The molecule has 0 aliphatic heterocycles. The standard InChI is InChI=1S/3C10H12O2.Eu/c3*1-8(11)7-10(12)9-5-3-2-4-6-9;/h2-7,10-12H,1H3;2*2-8,11-12H,1H3;. The minimum atomic E-state index is -0.712. The van der Waals surface area contributed by atoms with Crippen molar-refractivity contribution in [3.8, 4) is 0 Å². The molecule has 0 aliphatic rings. The topological polar surface area (TPSA) is 121 Å². The van der Waals surface area contributed by atoms with Gasteiger partial charge in [-0.1, -0.05) is 91.0 Å². The van der Waals surface area contributed by atoms with Gasteiger partial charge in [0.25, 0.3) is 0 Å². The number of aliphatic hydroxyl groups excluding tert-OH is 6. The molecule has 0 heterocycles. The summed E-state index contributed by atoms with van der Waals surface area (Å²) in [6, 6.07) is 27.4. The van der Waals surface area contributed by atoms with Crippen LogP contribution in [0.2, 0.25) is 0 Å². The summed E-state index contributed by atoms with van der Waals surface area (Å²) in [7, 11) is 0. The number of hydrogen-bond acceptors (Lipinski definition) is 6. The van der Waals surface area contributed by atoms with E-state index in [4.69, 9.17) is 15.3 Å². The van der Waals surface area contributed by atoms with Gasteiger partial charge in [-0.05, 0) is 44.6 Å². The van der Waals surface area contributed by atoms with E-state index < -0.39 is 18.3 Å². The fourth-order valence-electron chi connectivity index (χ4n) is 2.84. The van der Waals surface area contributed by atoms with E-state index in [0.717, 1.165) is 16.7 Å². The zero-order valence-electron chi connectivity index (χ0n) is 21.2.